The van der Waals surface area contributed by atoms with Crippen molar-refractivity contribution in [3.63, 3.8) is 0 Å². The van der Waals surface area contributed by atoms with Crippen LogP contribution in [0.25, 0.3) is 0 Å². The maximum absolute atomic E-state index is 13.3. The first-order valence-corrected chi connectivity index (χ1v) is 15.4. The number of nitrogens with one attached hydrogen (secondary N) is 1. The van der Waals surface area contributed by atoms with Crippen molar-refractivity contribution in [2.45, 2.75) is 75.5 Å². The number of rotatable bonds is 8. The third-order valence-corrected chi connectivity index (χ3v) is 10.1. The SMILES string of the molecule is C[C@@H](O)[C@H]1C(=O)N2C(C(=O)OCOC(=O)OC3CCCc4ccccc4C3)=C(S[C@@H]3CN[C@H](C(=O)N(C)C)C3)[C@H](C)[C@H]12. The second-order valence-electron chi connectivity index (χ2n) is 11.7. The number of thioether (sulfide) groups is 1. The molecule has 2 amide bonds. The summed E-state index contributed by atoms with van der Waals surface area (Å²) in [6.07, 6.45) is 1.55. The molecular weight excluding hydrogens is 562 g/mol. The zero-order chi connectivity index (χ0) is 30.1. The average Bonchev–Trinajstić information content (AvgIpc) is 3.42. The first-order valence-electron chi connectivity index (χ1n) is 14.5. The molecule has 12 heteroatoms. The Morgan fingerprint density at radius 3 is 2.64 bits per heavy atom. The molecule has 1 unspecified atom stereocenters. The lowest BCUT2D eigenvalue weighted by atomic mass is 9.79. The van der Waals surface area contributed by atoms with Gasteiger partial charge in [-0.25, -0.2) is 9.59 Å². The summed E-state index contributed by atoms with van der Waals surface area (Å²) in [7, 11) is 3.42. The Bertz CT molecular complexity index is 1270. The predicted molar refractivity (Wildman–Crippen MR) is 154 cm³/mol. The van der Waals surface area contributed by atoms with Crippen LogP contribution in [-0.2, 0) is 41.4 Å². The van der Waals surface area contributed by atoms with Crippen LogP contribution in [-0.4, -0.2) is 95.8 Å². The third-order valence-electron chi connectivity index (χ3n) is 8.59. The van der Waals surface area contributed by atoms with Crippen LogP contribution in [0.4, 0.5) is 4.79 Å². The Morgan fingerprint density at radius 2 is 1.93 bits per heavy atom. The number of aliphatic hydroxyl groups excluding tert-OH is 1. The van der Waals surface area contributed by atoms with Gasteiger partial charge in [0.15, 0.2) is 0 Å². The number of nitrogens with zero attached hydrogens (tertiary/aromatic N) is 2. The number of β-lactam (4-membered cyclic amide) rings is 1. The number of carbonyl (C=O) groups is 4. The molecule has 0 bridgehead atoms. The van der Waals surface area contributed by atoms with Gasteiger partial charge < -0.3 is 34.4 Å². The maximum Gasteiger partial charge on any atom is 0.511 e. The molecule has 1 aromatic carbocycles. The molecule has 3 heterocycles. The van der Waals surface area contributed by atoms with Gasteiger partial charge in [-0.05, 0) is 43.7 Å². The van der Waals surface area contributed by atoms with Gasteiger partial charge in [0.05, 0.1) is 24.1 Å². The highest BCUT2D eigenvalue weighted by Crippen LogP contribution is 2.52. The average molecular weight is 602 g/mol. The zero-order valence-corrected chi connectivity index (χ0v) is 25.2. The molecule has 2 saturated heterocycles. The minimum Gasteiger partial charge on any atom is -0.431 e. The van der Waals surface area contributed by atoms with Crippen LogP contribution >= 0.6 is 11.8 Å². The van der Waals surface area contributed by atoms with E-state index in [-0.39, 0.29) is 46.9 Å². The van der Waals surface area contributed by atoms with E-state index in [2.05, 4.69) is 11.4 Å². The van der Waals surface area contributed by atoms with Crippen molar-refractivity contribution in [2.75, 3.05) is 27.4 Å². The van der Waals surface area contributed by atoms with Crippen LogP contribution in [0.1, 0.15) is 44.2 Å². The minimum atomic E-state index is -0.920. The highest BCUT2D eigenvalue weighted by molar-refractivity contribution is 8.03. The number of carbonyl (C=O) groups excluding carboxylic acids is 4. The van der Waals surface area contributed by atoms with Gasteiger partial charge in [0.2, 0.25) is 18.6 Å². The van der Waals surface area contributed by atoms with Gasteiger partial charge in [0.1, 0.15) is 11.8 Å². The molecule has 3 aliphatic heterocycles. The van der Waals surface area contributed by atoms with E-state index in [1.807, 2.05) is 25.1 Å². The van der Waals surface area contributed by atoms with Gasteiger partial charge in [-0.15, -0.1) is 11.8 Å². The van der Waals surface area contributed by atoms with E-state index in [1.54, 1.807) is 25.9 Å². The van der Waals surface area contributed by atoms with Crippen molar-refractivity contribution in [1.29, 1.82) is 0 Å². The summed E-state index contributed by atoms with van der Waals surface area (Å²) in [6.45, 7) is 3.40. The molecule has 0 radical (unpaired) electrons. The van der Waals surface area contributed by atoms with Crippen molar-refractivity contribution in [3.05, 3.63) is 46.0 Å². The second kappa shape index (κ2) is 12.6. The van der Waals surface area contributed by atoms with Crippen molar-refractivity contribution in [1.82, 2.24) is 15.1 Å². The van der Waals surface area contributed by atoms with Crippen LogP contribution in [0.5, 0.6) is 0 Å². The lowest BCUT2D eigenvalue weighted by molar-refractivity contribution is -0.167. The molecule has 1 aliphatic carbocycles. The van der Waals surface area contributed by atoms with Gasteiger partial charge in [-0.2, -0.15) is 0 Å². The monoisotopic (exact) mass is 601 g/mol. The maximum atomic E-state index is 13.3. The molecule has 0 spiro atoms. The molecule has 7 atom stereocenters. The quantitative estimate of drug-likeness (QED) is 0.198. The number of likely N-dealkylation sites (N-methyl/N-ethyl adjacent to an activating group) is 1. The molecule has 42 heavy (non-hydrogen) atoms. The summed E-state index contributed by atoms with van der Waals surface area (Å²) in [5.41, 5.74) is 2.51. The smallest absolute Gasteiger partial charge is 0.431 e. The Kier molecular flexibility index (Phi) is 9.14. The fourth-order valence-corrected chi connectivity index (χ4v) is 7.95. The lowest BCUT2D eigenvalue weighted by Crippen LogP contribution is -2.63. The molecule has 2 N–H and O–H groups in total. The summed E-state index contributed by atoms with van der Waals surface area (Å²) in [5, 5.41) is 13.5. The van der Waals surface area contributed by atoms with Crippen LogP contribution in [0.15, 0.2) is 34.9 Å². The highest BCUT2D eigenvalue weighted by Gasteiger charge is 2.60. The topological polar surface area (TPSA) is 135 Å². The summed E-state index contributed by atoms with van der Waals surface area (Å²) >= 11 is 1.45. The van der Waals surface area contributed by atoms with E-state index < -0.39 is 30.9 Å². The molecule has 1 aromatic rings. The standard InChI is InChI=1S/C30H39N3O8S/c1-16-24-23(17(2)34)28(36)33(24)25(26(16)42-21-13-22(31-14-21)27(35)32(3)4)29(37)39-15-40-30(38)41-20-11-7-10-18-8-5-6-9-19(18)12-20/h5-6,8-9,16-17,20-24,31,34H,7,10-15H2,1-4H3/t16-,17-,20?,21+,22+,23-,24-/m1/s1. The largest absolute Gasteiger partial charge is 0.511 e. The minimum absolute atomic E-state index is 0.00566. The first-order chi connectivity index (χ1) is 20.1. The Balaban J connectivity index is 1.22. The Morgan fingerprint density at radius 1 is 1.19 bits per heavy atom. The van der Waals surface area contributed by atoms with Gasteiger partial charge in [0.25, 0.3) is 0 Å². The predicted octanol–water partition coefficient (Wildman–Crippen LogP) is 2.21. The number of aryl methyl sites for hydroxylation is 1. The lowest BCUT2D eigenvalue weighted by Gasteiger charge is -2.46. The van der Waals surface area contributed by atoms with E-state index in [1.165, 1.54) is 22.2 Å². The number of ether oxygens (including phenoxy) is 3. The van der Waals surface area contributed by atoms with E-state index in [4.69, 9.17) is 14.2 Å². The Hall–Kier alpha value is -3.09. The molecule has 228 valence electrons. The summed E-state index contributed by atoms with van der Waals surface area (Å²) in [4.78, 5) is 54.9. The van der Waals surface area contributed by atoms with Crippen molar-refractivity contribution in [2.24, 2.45) is 11.8 Å². The molecular formula is C30H39N3O8S. The fraction of sp³-hybridized carbons (Fsp3) is 0.600. The van der Waals surface area contributed by atoms with Crippen LogP contribution < -0.4 is 5.32 Å². The number of hydrogen-bond donors (Lipinski definition) is 2. The van der Waals surface area contributed by atoms with E-state index in [0.717, 1.165) is 18.4 Å². The van der Waals surface area contributed by atoms with E-state index >= 15 is 0 Å². The van der Waals surface area contributed by atoms with Gasteiger partial charge in [-0.1, -0.05) is 31.2 Å². The van der Waals surface area contributed by atoms with E-state index in [0.29, 0.717) is 30.7 Å². The van der Waals surface area contributed by atoms with Gasteiger partial charge in [-0.3, -0.25) is 9.59 Å². The number of fused-ring (bicyclic) bond motifs is 2. The molecule has 5 rings (SSSR count). The molecule has 11 nitrogen and oxygen atoms in total. The summed E-state index contributed by atoms with van der Waals surface area (Å²) in [6, 6.07) is 7.38. The van der Waals surface area contributed by atoms with Gasteiger partial charge >= 0.3 is 12.1 Å². The van der Waals surface area contributed by atoms with Gasteiger partial charge in [0, 0.05) is 43.1 Å². The third kappa shape index (κ3) is 6.02. The van der Waals surface area contributed by atoms with Crippen molar-refractivity contribution >= 4 is 35.7 Å². The van der Waals surface area contributed by atoms with Crippen LogP contribution in [0, 0.1) is 11.8 Å². The highest BCUT2D eigenvalue weighted by atomic mass is 32.2. The molecule has 0 saturated carbocycles. The molecule has 4 aliphatic rings. The fourth-order valence-electron chi connectivity index (χ4n) is 6.48. The van der Waals surface area contributed by atoms with Crippen molar-refractivity contribution < 1.29 is 38.5 Å². The number of benzene rings is 1. The first kappa shape index (κ1) is 30.4. The van der Waals surface area contributed by atoms with E-state index in [9.17, 15) is 24.3 Å². The zero-order valence-electron chi connectivity index (χ0n) is 24.4. The van der Waals surface area contributed by atoms with Crippen LogP contribution in [0.2, 0.25) is 0 Å². The summed E-state index contributed by atoms with van der Waals surface area (Å²) in [5.74, 6) is -1.99. The number of hydrogen-bond acceptors (Lipinski definition) is 10. The Labute approximate surface area is 249 Å². The van der Waals surface area contributed by atoms with Crippen molar-refractivity contribution in [3.8, 4) is 0 Å². The number of esters is 1. The molecule has 0 aromatic heterocycles. The molecule has 2 fully saturated rings. The number of amides is 2. The van der Waals surface area contributed by atoms with Crippen LogP contribution in [0.3, 0.4) is 0 Å². The number of aliphatic hydroxyl groups is 1. The normalized spacial score (nSPS) is 29.2. The summed E-state index contributed by atoms with van der Waals surface area (Å²) < 4.78 is 15.9. The second-order valence-corrected chi connectivity index (χ2v) is 13.0.